The number of hydrogen-bond acceptors (Lipinski definition) is 0. The van der Waals surface area contributed by atoms with E-state index in [0.717, 1.165) is 8.97 Å². The molecule has 1 aliphatic carbocycles. The van der Waals surface area contributed by atoms with Gasteiger partial charge >= 0.3 is 0 Å². The standard InChI is InChI=1S/C45H62N2/c1-8-9-22-38-27-29-39(30-28-38)23-14-15-24-40-31-32-42-41-25-16-17-26-43(41)45(44(42)37-40,33-18-10-12-20-35-46(2,3)4)34-19-11-13-21-36-47(5,6)7/h8-9,14-17,22-32,37H,1,10-13,18-21,33-36H2,2-7H3/q+2/b22-9+,23-14+,24-15+. The molecule has 0 radical (unpaired) electrons. The van der Waals surface area contributed by atoms with E-state index < -0.39 is 0 Å². The lowest BCUT2D eigenvalue weighted by Gasteiger charge is -2.33. The number of allylic oxidation sites excluding steroid dienone is 4. The second-order valence-electron chi connectivity index (χ2n) is 15.8. The van der Waals surface area contributed by atoms with E-state index in [4.69, 9.17) is 0 Å². The second kappa shape index (κ2) is 17.1. The molecule has 0 unspecified atom stereocenters. The Morgan fingerprint density at radius 2 is 0.979 bits per heavy atom. The van der Waals surface area contributed by atoms with Crippen molar-refractivity contribution in [2.75, 3.05) is 55.4 Å². The normalized spacial score (nSPS) is 14.3. The van der Waals surface area contributed by atoms with Crippen LogP contribution in [-0.4, -0.2) is 64.3 Å². The first-order chi connectivity index (χ1) is 22.5. The number of rotatable bonds is 19. The van der Waals surface area contributed by atoms with Crippen molar-refractivity contribution in [2.45, 2.75) is 69.6 Å². The third-order valence-corrected chi connectivity index (χ3v) is 9.71. The van der Waals surface area contributed by atoms with Gasteiger partial charge in [0.05, 0.1) is 55.4 Å². The number of fused-ring (bicyclic) bond motifs is 3. The van der Waals surface area contributed by atoms with E-state index in [1.54, 1.807) is 11.1 Å². The lowest BCUT2D eigenvalue weighted by atomic mass is 9.70. The highest BCUT2D eigenvalue weighted by Crippen LogP contribution is 2.54. The lowest BCUT2D eigenvalue weighted by Crippen LogP contribution is -2.35. The van der Waals surface area contributed by atoms with Crippen LogP contribution in [0, 0.1) is 0 Å². The molecule has 0 amide bonds. The average Bonchev–Trinajstić information content (AvgIpc) is 3.30. The molecule has 3 aromatic carbocycles. The van der Waals surface area contributed by atoms with Crippen molar-refractivity contribution in [3.63, 3.8) is 0 Å². The molecule has 0 saturated carbocycles. The van der Waals surface area contributed by atoms with Crippen molar-refractivity contribution in [3.05, 3.63) is 125 Å². The maximum Gasteiger partial charge on any atom is 0.0780 e. The summed E-state index contributed by atoms with van der Waals surface area (Å²) in [6, 6.07) is 25.2. The average molecular weight is 631 g/mol. The Labute approximate surface area is 288 Å². The maximum atomic E-state index is 3.76. The van der Waals surface area contributed by atoms with Crippen LogP contribution in [0.3, 0.4) is 0 Å². The highest BCUT2D eigenvalue weighted by molar-refractivity contribution is 5.82. The fourth-order valence-corrected chi connectivity index (χ4v) is 7.20. The van der Waals surface area contributed by atoms with Gasteiger partial charge in [-0.15, -0.1) is 0 Å². The fourth-order valence-electron chi connectivity index (χ4n) is 7.20. The minimum absolute atomic E-state index is 0.105. The summed E-state index contributed by atoms with van der Waals surface area (Å²) in [5, 5.41) is 0. The molecule has 1 aliphatic rings. The van der Waals surface area contributed by atoms with Gasteiger partial charge in [0.2, 0.25) is 0 Å². The SMILES string of the molecule is C=C/C=C/c1ccc(/C=C/C=C/c2ccc3c(c2)C(CCCCCC[N+](C)(C)C)(CCCCCC[N+](C)(C)C)c2ccccc2-3)cc1. The summed E-state index contributed by atoms with van der Waals surface area (Å²) < 4.78 is 2.12. The van der Waals surface area contributed by atoms with E-state index in [1.807, 2.05) is 12.2 Å². The lowest BCUT2D eigenvalue weighted by molar-refractivity contribution is -0.870. The molecule has 0 aliphatic heterocycles. The van der Waals surface area contributed by atoms with Crippen molar-refractivity contribution >= 4 is 18.2 Å². The van der Waals surface area contributed by atoms with Gasteiger partial charge in [0.25, 0.3) is 0 Å². The molecule has 3 aromatic rings. The predicted octanol–water partition coefficient (Wildman–Crippen LogP) is 11.2. The van der Waals surface area contributed by atoms with Gasteiger partial charge in [0.15, 0.2) is 0 Å². The first kappa shape index (κ1) is 36.4. The molecule has 0 heterocycles. The maximum absolute atomic E-state index is 3.76. The van der Waals surface area contributed by atoms with Crippen LogP contribution in [0.1, 0.15) is 92.0 Å². The van der Waals surface area contributed by atoms with E-state index in [2.05, 4.69) is 146 Å². The van der Waals surface area contributed by atoms with E-state index in [1.165, 1.54) is 105 Å². The van der Waals surface area contributed by atoms with Gasteiger partial charge in [-0.05, 0) is 77.5 Å². The summed E-state index contributed by atoms with van der Waals surface area (Å²) >= 11 is 0. The molecule has 0 atom stereocenters. The summed E-state index contributed by atoms with van der Waals surface area (Å²) in [5.41, 5.74) is 9.83. The van der Waals surface area contributed by atoms with Crippen LogP contribution in [0.5, 0.6) is 0 Å². The number of nitrogens with zero attached hydrogens (tertiary/aromatic N) is 2. The molecule has 2 nitrogen and oxygen atoms in total. The Kier molecular flexibility index (Phi) is 13.2. The third-order valence-electron chi connectivity index (χ3n) is 9.71. The highest BCUT2D eigenvalue weighted by atomic mass is 15.3. The summed E-state index contributed by atoms with van der Waals surface area (Å²) in [7, 11) is 13.9. The Hall–Kier alpha value is -3.46. The molecule has 2 heteroatoms. The second-order valence-corrected chi connectivity index (χ2v) is 15.8. The van der Waals surface area contributed by atoms with Crippen LogP contribution in [-0.2, 0) is 5.41 Å². The summed E-state index contributed by atoms with van der Waals surface area (Å²) in [6.45, 7) is 6.27. The zero-order chi connectivity index (χ0) is 33.8. The van der Waals surface area contributed by atoms with E-state index >= 15 is 0 Å². The summed E-state index contributed by atoms with van der Waals surface area (Å²) in [6.07, 6.45) is 27.7. The Morgan fingerprint density at radius 1 is 0.511 bits per heavy atom. The highest BCUT2D eigenvalue weighted by Gasteiger charge is 2.42. The van der Waals surface area contributed by atoms with Crippen LogP contribution < -0.4 is 0 Å². The molecule has 0 aromatic heterocycles. The first-order valence-electron chi connectivity index (χ1n) is 18.1. The van der Waals surface area contributed by atoms with Gasteiger partial charge in [0.1, 0.15) is 0 Å². The topological polar surface area (TPSA) is 0 Å². The number of unbranched alkanes of at least 4 members (excludes halogenated alkanes) is 6. The zero-order valence-electron chi connectivity index (χ0n) is 30.5. The smallest absolute Gasteiger partial charge is 0.0780 e. The quantitative estimate of drug-likeness (QED) is 0.0702. The molecule has 0 spiro atoms. The van der Waals surface area contributed by atoms with Gasteiger partial charge in [0, 0.05) is 5.41 Å². The van der Waals surface area contributed by atoms with Gasteiger partial charge < -0.3 is 8.97 Å². The van der Waals surface area contributed by atoms with Crippen LogP contribution in [0.15, 0.2) is 97.6 Å². The van der Waals surface area contributed by atoms with Crippen molar-refractivity contribution < 1.29 is 8.97 Å². The van der Waals surface area contributed by atoms with Crippen LogP contribution in [0.2, 0.25) is 0 Å². The van der Waals surface area contributed by atoms with Crippen molar-refractivity contribution in [3.8, 4) is 11.1 Å². The number of benzene rings is 3. The van der Waals surface area contributed by atoms with Gasteiger partial charge in [-0.3, -0.25) is 0 Å². The molecular weight excluding hydrogens is 569 g/mol. The molecule has 0 N–H and O–H groups in total. The molecule has 0 bridgehead atoms. The minimum atomic E-state index is 0.105. The predicted molar refractivity (Wildman–Crippen MR) is 208 cm³/mol. The first-order valence-corrected chi connectivity index (χ1v) is 18.1. The Bertz CT molecular complexity index is 1480. The number of quaternary nitrogens is 2. The molecular formula is C45H62N2+2. The van der Waals surface area contributed by atoms with Crippen LogP contribution in [0.25, 0.3) is 29.4 Å². The van der Waals surface area contributed by atoms with E-state index in [-0.39, 0.29) is 5.41 Å². The molecule has 47 heavy (non-hydrogen) atoms. The van der Waals surface area contributed by atoms with E-state index in [0.29, 0.717) is 0 Å². The van der Waals surface area contributed by atoms with Gasteiger partial charge in [-0.25, -0.2) is 0 Å². The Morgan fingerprint density at radius 3 is 1.53 bits per heavy atom. The summed E-state index contributed by atoms with van der Waals surface area (Å²) in [4.78, 5) is 0. The zero-order valence-corrected chi connectivity index (χ0v) is 30.5. The van der Waals surface area contributed by atoms with Crippen molar-refractivity contribution in [2.24, 2.45) is 0 Å². The van der Waals surface area contributed by atoms with Gasteiger partial charge in [-0.1, -0.05) is 142 Å². The molecule has 0 saturated heterocycles. The third kappa shape index (κ3) is 11.1. The minimum Gasteiger partial charge on any atom is -0.331 e. The Balaban J connectivity index is 1.54. The largest absolute Gasteiger partial charge is 0.331 e. The molecule has 0 fully saturated rings. The molecule has 250 valence electrons. The number of hydrogen-bond donors (Lipinski definition) is 0. The molecule has 4 rings (SSSR count). The summed E-state index contributed by atoms with van der Waals surface area (Å²) in [5.74, 6) is 0. The van der Waals surface area contributed by atoms with Gasteiger partial charge in [-0.2, -0.15) is 0 Å². The fraction of sp³-hybridized carbons (Fsp3) is 0.422. The van der Waals surface area contributed by atoms with E-state index in [9.17, 15) is 0 Å². The van der Waals surface area contributed by atoms with Crippen molar-refractivity contribution in [1.82, 2.24) is 0 Å². The van der Waals surface area contributed by atoms with Crippen molar-refractivity contribution in [1.29, 1.82) is 0 Å². The van der Waals surface area contributed by atoms with Crippen LogP contribution >= 0.6 is 0 Å². The monoisotopic (exact) mass is 630 g/mol. The van der Waals surface area contributed by atoms with Crippen LogP contribution in [0.4, 0.5) is 0 Å².